The molecule has 0 radical (unpaired) electrons. The van der Waals surface area contributed by atoms with Gasteiger partial charge in [0.15, 0.2) is 0 Å². The summed E-state index contributed by atoms with van der Waals surface area (Å²) in [5, 5.41) is 12.4. The average molecular weight is 367 g/mol. The summed E-state index contributed by atoms with van der Waals surface area (Å²) in [6, 6.07) is 1.82. The lowest BCUT2D eigenvalue weighted by Crippen LogP contribution is -2.31. The maximum Gasteiger partial charge on any atom is 0.244 e. The van der Waals surface area contributed by atoms with Gasteiger partial charge in [0.2, 0.25) is 11.8 Å². The van der Waals surface area contributed by atoms with Gasteiger partial charge >= 0.3 is 0 Å². The van der Waals surface area contributed by atoms with Crippen LogP contribution in [0.4, 0.5) is 0 Å². The van der Waals surface area contributed by atoms with Crippen LogP contribution in [0, 0.1) is 0 Å². The third kappa shape index (κ3) is 6.54. The molecule has 142 valence electrons. The lowest BCUT2D eigenvalue weighted by molar-refractivity contribution is -0.118. The van der Waals surface area contributed by atoms with E-state index in [1.165, 1.54) is 13.0 Å². The Morgan fingerprint density at radius 3 is 2.81 bits per heavy atom. The van der Waals surface area contributed by atoms with Gasteiger partial charge in [0.05, 0.1) is 6.20 Å². The van der Waals surface area contributed by atoms with Gasteiger partial charge in [-0.1, -0.05) is 13.0 Å². The standard InChI is InChI=1S/C20H25N5O2/c1-4-18(25-15(3)26)7-5-14(2)24-20(27)8-6-16-11-21-10-9-19(16)17-12-22-23-13-17/h6-14H,4-5H2,1-3H3,(H,22,23)(H,24,27)(H,25,26)/b8-6+,18-7+. The minimum absolute atomic E-state index is 0.0558. The highest BCUT2D eigenvalue weighted by Crippen LogP contribution is 2.22. The highest BCUT2D eigenvalue weighted by Gasteiger charge is 2.07. The van der Waals surface area contributed by atoms with Crippen molar-refractivity contribution in [3.8, 4) is 11.1 Å². The molecule has 3 N–H and O–H groups in total. The molecule has 0 bridgehead atoms. The van der Waals surface area contributed by atoms with Crippen LogP contribution >= 0.6 is 0 Å². The zero-order valence-corrected chi connectivity index (χ0v) is 15.8. The number of rotatable bonds is 8. The van der Waals surface area contributed by atoms with E-state index >= 15 is 0 Å². The molecule has 0 aromatic carbocycles. The predicted octanol–water partition coefficient (Wildman–Crippen LogP) is 2.81. The number of hydrogen-bond donors (Lipinski definition) is 3. The lowest BCUT2D eigenvalue weighted by atomic mass is 10.0. The molecule has 0 saturated carbocycles. The fourth-order valence-corrected chi connectivity index (χ4v) is 2.54. The van der Waals surface area contributed by atoms with E-state index < -0.39 is 0 Å². The van der Waals surface area contributed by atoms with Gasteiger partial charge in [-0.25, -0.2) is 0 Å². The van der Waals surface area contributed by atoms with Crippen LogP contribution in [-0.4, -0.2) is 33.0 Å². The summed E-state index contributed by atoms with van der Waals surface area (Å²) < 4.78 is 0. The van der Waals surface area contributed by atoms with E-state index in [1.54, 1.807) is 30.9 Å². The molecule has 7 heteroatoms. The Labute approximate surface area is 159 Å². The molecule has 2 aromatic rings. The number of pyridine rings is 1. The van der Waals surface area contributed by atoms with Crippen LogP contribution in [0.5, 0.6) is 0 Å². The summed E-state index contributed by atoms with van der Waals surface area (Å²) in [6.45, 7) is 5.37. The van der Waals surface area contributed by atoms with Crippen molar-refractivity contribution in [2.24, 2.45) is 0 Å². The van der Waals surface area contributed by atoms with Crippen molar-refractivity contribution < 1.29 is 9.59 Å². The summed E-state index contributed by atoms with van der Waals surface area (Å²) in [4.78, 5) is 27.4. The van der Waals surface area contributed by atoms with Gasteiger partial charge in [-0.3, -0.25) is 19.7 Å². The van der Waals surface area contributed by atoms with Gasteiger partial charge in [0.25, 0.3) is 0 Å². The van der Waals surface area contributed by atoms with Crippen LogP contribution in [0.3, 0.4) is 0 Å². The van der Waals surface area contributed by atoms with Crippen LogP contribution < -0.4 is 10.6 Å². The number of allylic oxidation sites excluding steroid dienone is 1. The molecule has 0 aliphatic heterocycles. The Bertz CT molecular complexity index is 825. The van der Waals surface area contributed by atoms with E-state index in [9.17, 15) is 9.59 Å². The second kappa shape index (κ2) is 10.1. The van der Waals surface area contributed by atoms with Gasteiger partial charge in [-0.05, 0) is 37.5 Å². The summed E-state index contributed by atoms with van der Waals surface area (Å²) in [5.41, 5.74) is 3.57. The van der Waals surface area contributed by atoms with Crippen molar-refractivity contribution in [1.82, 2.24) is 25.8 Å². The van der Waals surface area contributed by atoms with E-state index in [0.717, 1.165) is 28.8 Å². The largest absolute Gasteiger partial charge is 0.350 e. The Morgan fingerprint density at radius 2 is 2.15 bits per heavy atom. The molecule has 0 saturated heterocycles. The topological polar surface area (TPSA) is 99.8 Å². The van der Waals surface area contributed by atoms with E-state index in [2.05, 4.69) is 25.8 Å². The smallest absolute Gasteiger partial charge is 0.244 e. The highest BCUT2D eigenvalue weighted by atomic mass is 16.2. The summed E-state index contributed by atoms with van der Waals surface area (Å²) in [7, 11) is 0. The van der Waals surface area contributed by atoms with Crippen molar-refractivity contribution in [2.75, 3.05) is 0 Å². The molecule has 2 heterocycles. The maximum atomic E-state index is 12.2. The molecule has 0 aliphatic rings. The highest BCUT2D eigenvalue weighted by molar-refractivity contribution is 5.93. The zero-order valence-electron chi connectivity index (χ0n) is 15.8. The number of aromatic nitrogens is 3. The van der Waals surface area contributed by atoms with Gasteiger partial charge in [-0.15, -0.1) is 0 Å². The Morgan fingerprint density at radius 1 is 1.33 bits per heavy atom. The van der Waals surface area contributed by atoms with Gasteiger partial charge in [-0.2, -0.15) is 5.10 Å². The van der Waals surface area contributed by atoms with Gasteiger partial charge < -0.3 is 10.6 Å². The fraction of sp³-hybridized carbons (Fsp3) is 0.300. The number of aromatic amines is 1. The van der Waals surface area contributed by atoms with E-state index in [0.29, 0.717) is 6.42 Å². The first-order valence-corrected chi connectivity index (χ1v) is 8.88. The first-order chi connectivity index (χ1) is 13.0. The van der Waals surface area contributed by atoms with Crippen LogP contribution in [0.25, 0.3) is 17.2 Å². The number of nitrogens with zero attached hydrogens (tertiary/aromatic N) is 2. The van der Waals surface area contributed by atoms with E-state index in [1.807, 2.05) is 26.0 Å². The second-order valence-electron chi connectivity index (χ2n) is 6.19. The summed E-state index contributed by atoms with van der Waals surface area (Å²) in [6.07, 6.45) is 13.5. The van der Waals surface area contributed by atoms with Crippen LogP contribution in [0.15, 0.2) is 48.7 Å². The van der Waals surface area contributed by atoms with Crippen molar-refractivity contribution in [3.63, 3.8) is 0 Å². The van der Waals surface area contributed by atoms with Crippen LogP contribution in [0.2, 0.25) is 0 Å². The number of H-pyrrole nitrogens is 1. The third-order valence-corrected chi connectivity index (χ3v) is 3.90. The molecule has 2 rings (SSSR count). The first kappa shape index (κ1) is 20.1. The SMILES string of the molecule is CC/C(=C\CC(C)NC(=O)/C=C/c1cnccc1-c1cn[nH]c1)NC(C)=O. The minimum atomic E-state index is -0.185. The maximum absolute atomic E-state index is 12.2. The van der Waals surface area contributed by atoms with Crippen molar-refractivity contribution in [3.05, 3.63) is 54.3 Å². The molecule has 1 unspecified atom stereocenters. The number of nitrogens with one attached hydrogen (secondary N) is 3. The molecule has 1 atom stereocenters. The van der Waals surface area contributed by atoms with Crippen molar-refractivity contribution in [2.45, 2.75) is 39.7 Å². The first-order valence-electron chi connectivity index (χ1n) is 8.88. The Hall–Kier alpha value is -3.22. The zero-order chi connectivity index (χ0) is 19.6. The molecular formula is C20H25N5O2. The van der Waals surface area contributed by atoms with Crippen LogP contribution in [-0.2, 0) is 9.59 Å². The summed E-state index contributed by atoms with van der Waals surface area (Å²) in [5.74, 6) is -0.275. The molecule has 27 heavy (non-hydrogen) atoms. The number of carbonyl (C=O) groups excluding carboxylic acids is 2. The van der Waals surface area contributed by atoms with E-state index in [4.69, 9.17) is 0 Å². The predicted molar refractivity (Wildman–Crippen MR) is 105 cm³/mol. The quantitative estimate of drug-likeness (QED) is 0.625. The van der Waals surface area contributed by atoms with Crippen molar-refractivity contribution in [1.29, 1.82) is 0 Å². The number of amides is 2. The molecule has 0 spiro atoms. The molecule has 0 fully saturated rings. The lowest BCUT2D eigenvalue weighted by Gasteiger charge is -2.12. The monoisotopic (exact) mass is 367 g/mol. The summed E-state index contributed by atoms with van der Waals surface area (Å²) >= 11 is 0. The second-order valence-corrected chi connectivity index (χ2v) is 6.19. The normalized spacial score (nSPS) is 12.8. The fourth-order valence-electron chi connectivity index (χ4n) is 2.54. The Kier molecular flexibility index (Phi) is 7.49. The molecule has 2 aromatic heterocycles. The van der Waals surface area contributed by atoms with E-state index in [-0.39, 0.29) is 17.9 Å². The van der Waals surface area contributed by atoms with Crippen molar-refractivity contribution >= 4 is 17.9 Å². The van der Waals surface area contributed by atoms with Gasteiger partial charge in [0, 0.05) is 54.5 Å². The number of hydrogen-bond acceptors (Lipinski definition) is 4. The molecular weight excluding hydrogens is 342 g/mol. The van der Waals surface area contributed by atoms with Gasteiger partial charge in [0.1, 0.15) is 0 Å². The molecule has 2 amide bonds. The average Bonchev–Trinajstić information content (AvgIpc) is 3.18. The minimum Gasteiger partial charge on any atom is -0.350 e. The van der Waals surface area contributed by atoms with Crippen LogP contribution in [0.1, 0.15) is 39.2 Å². The molecule has 0 aliphatic carbocycles. The Balaban J connectivity index is 1.96. The third-order valence-electron chi connectivity index (χ3n) is 3.90. The number of carbonyl (C=O) groups is 2. The molecule has 7 nitrogen and oxygen atoms in total.